The number of rotatable bonds is 6. The maximum atomic E-state index is 13.1. The molecule has 2 aliphatic rings. The van der Waals surface area contributed by atoms with Gasteiger partial charge in [-0.2, -0.15) is 0 Å². The molecule has 0 saturated carbocycles. The van der Waals surface area contributed by atoms with Crippen LogP contribution in [0.3, 0.4) is 0 Å². The van der Waals surface area contributed by atoms with Gasteiger partial charge in [-0.3, -0.25) is 9.69 Å². The molecule has 0 radical (unpaired) electrons. The lowest BCUT2D eigenvalue weighted by Gasteiger charge is -2.32. The number of hydrogen-bond acceptors (Lipinski definition) is 5. The van der Waals surface area contributed by atoms with Gasteiger partial charge in [0, 0.05) is 37.8 Å². The third kappa shape index (κ3) is 5.24. The number of fused-ring (bicyclic) bond motifs is 1. The van der Waals surface area contributed by atoms with Gasteiger partial charge in [0.25, 0.3) is 5.91 Å². The topological polar surface area (TPSA) is 57.7 Å². The highest BCUT2D eigenvalue weighted by Crippen LogP contribution is 2.28. The molecule has 0 spiro atoms. The van der Waals surface area contributed by atoms with Gasteiger partial charge >= 0.3 is 0 Å². The van der Waals surface area contributed by atoms with Crippen molar-refractivity contribution < 1.29 is 9.53 Å². The first-order valence-electron chi connectivity index (χ1n) is 12.4. The number of amides is 1. The van der Waals surface area contributed by atoms with Crippen LogP contribution in [0.4, 0.5) is 5.82 Å². The Kier molecular flexibility index (Phi) is 7.07. The van der Waals surface area contributed by atoms with E-state index in [9.17, 15) is 4.79 Å². The van der Waals surface area contributed by atoms with Crippen LogP contribution in [0.15, 0.2) is 54.7 Å². The largest absolute Gasteiger partial charge is 0.378 e. The lowest BCUT2D eigenvalue weighted by atomic mass is 9.96. The predicted molar refractivity (Wildman–Crippen MR) is 136 cm³/mol. The number of morpholine rings is 1. The van der Waals surface area contributed by atoms with Crippen LogP contribution in [-0.2, 0) is 11.3 Å². The quantitative estimate of drug-likeness (QED) is 0.605. The highest BCUT2D eigenvalue weighted by Gasteiger charge is 2.22. The van der Waals surface area contributed by atoms with E-state index < -0.39 is 0 Å². The van der Waals surface area contributed by atoms with E-state index in [1.807, 2.05) is 18.2 Å². The minimum absolute atomic E-state index is 0.0283. The van der Waals surface area contributed by atoms with Crippen LogP contribution in [0.5, 0.6) is 0 Å². The molecule has 0 aliphatic carbocycles. The van der Waals surface area contributed by atoms with Crippen LogP contribution in [0, 0.1) is 12.8 Å². The number of carbonyl (C=O) groups excluding carboxylic acids is 1. The molecule has 2 aliphatic heterocycles. The summed E-state index contributed by atoms with van der Waals surface area (Å²) >= 11 is 0. The van der Waals surface area contributed by atoms with Gasteiger partial charge in [0.15, 0.2) is 0 Å². The molecule has 2 fully saturated rings. The first kappa shape index (κ1) is 22.8. The van der Waals surface area contributed by atoms with Crippen molar-refractivity contribution in [2.75, 3.05) is 50.8 Å². The van der Waals surface area contributed by atoms with Crippen LogP contribution in [0.25, 0.3) is 10.8 Å². The van der Waals surface area contributed by atoms with Gasteiger partial charge in [-0.25, -0.2) is 4.98 Å². The summed E-state index contributed by atoms with van der Waals surface area (Å²) < 4.78 is 5.49. The lowest BCUT2D eigenvalue weighted by Crippen LogP contribution is -2.38. The van der Waals surface area contributed by atoms with Crippen molar-refractivity contribution in [3.8, 4) is 0 Å². The van der Waals surface area contributed by atoms with Gasteiger partial charge in [0.05, 0.1) is 18.8 Å². The molecule has 178 valence electrons. The molecule has 1 N–H and O–H groups in total. The number of carbonyl (C=O) groups is 1. The molecular weight excluding hydrogens is 424 g/mol. The van der Waals surface area contributed by atoms with Crippen molar-refractivity contribution in [1.82, 2.24) is 15.2 Å². The maximum Gasteiger partial charge on any atom is 0.253 e. The maximum absolute atomic E-state index is 13.1. The van der Waals surface area contributed by atoms with Crippen LogP contribution >= 0.6 is 0 Å². The van der Waals surface area contributed by atoms with Crippen LogP contribution in [-0.4, -0.2) is 61.7 Å². The molecule has 2 saturated heterocycles. The zero-order chi connectivity index (χ0) is 23.3. The van der Waals surface area contributed by atoms with Gasteiger partial charge in [-0.1, -0.05) is 54.1 Å². The molecular formula is C28H34N4O2. The van der Waals surface area contributed by atoms with Gasteiger partial charge in [-0.15, -0.1) is 0 Å². The van der Waals surface area contributed by atoms with Crippen LogP contribution < -0.4 is 10.2 Å². The average Bonchev–Trinajstić information content (AvgIpc) is 2.88. The van der Waals surface area contributed by atoms with Crippen molar-refractivity contribution in [2.45, 2.75) is 26.3 Å². The summed E-state index contributed by atoms with van der Waals surface area (Å²) in [5.41, 5.74) is 3.35. The SMILES string of the molecule is Cc1cccc(CN2CCC(CNC(=O)c3cnc(N4CCOCC4)c4ccccc34)CC2)c1. The molecule has 0 bridgehead atoms. The Morgan fingerprint density at radius 2 is 1.79 bits per heavy atom. The Labute approximate surface area is 201 Å². The van der Waals surface area contributed by atoms with E-state index in [1.165, 1.54) is 11.1 Å². The molecule has 1 amide bonds. The Balaban J connectivity index is 1.19. The summed E-state index contributed by atoms with van der Waals surface area (Å²) in [6, 6.07) is 16.9. The number of nitrogens with zero attached hydrogens (tertiary/aromatic N) is 3. The molecule has 6 heteroatoms. The minimum Gasteiger partial charge on any atom is -0.378 e. The minimum atomic E-state index is -0.0283. The van der Waals surface area contributed by atoms with E-state index in [4.69, 9.17) is 9.72 Å². The third-order valence-corrected chi connectivity index (χ3v) is 7.08. The Bertz CT molecular complexity index is 1130. The molecule has 0 unspecified atom stereocenters. The number of aryl methyl sites for hydroxylation is 1. The molecule has 5 rings (SSSR count). The van der Waals surface area contributed by atoms with Crippen molar-refractivity contribution in [1.29, 1.82) is 0 Å². The second-order valence-corrected chi connectivity index (χ2v) is 9.56. The normalized spacial score (nSPS) is 17.7. The van der Waals surface area contributed by atoms with E-state index >= 15 is 0 Å². The zero-order valence-electron chi connectivity index (χ0n) is 20.0. The summed E-state index contributed by atoms with van der Waals surface area (Å²) in [6.07, 6.45) is 3.97. The number of likely N-dealkylation sites (tertiary alicyclic amines) is 1. The van der Waals surface area contributed by atoms with Gasteiger partial charge in [-0.05, 0) is 49.7 Å². The van der Waals surface area contributed by atoms with E-state index in [1.54, 1.807) is 6.20 Å². The van der Waals surface area contributed by atoms with Crippen molar-refractivity contribution >= 4 is 22.5 Å². The van der Waals surface area contributed by atoms with E-state index in [0.29, 0.717) is 24.7 Å². The molecule has 34 heavy (non-hydrogen) atoms. The summed E-state index contributed by atoms with van der Waals surface area (Å²) in [5.74, 6) is 1.43. The highest BCUT2D eigenvalue weighted by molar-refractivity contribution is 6.09. The van der Waals surface area contributed by atoms with Crippen molar-refractivity contribution in [2.24, 2.45) is 5.92 Å². The Hall–Kier alpha value is -2.96. The standard InChI is InChI=1S/C28H34N4O2/c1-21-5-4-6-23(17-21)20-31-11-9-22(10-12-31)18-30-28(33)26-19-29-27(32-13-15-34-16-14-32)25-8-3-2-7-24(25)26/h2-8,17,19,22H,9-16,18,20H2,1H3,(H,30,33). The molecule has 0 atom stereocenters. The number of ether oxygens (including phenoxy) is 1. The first-order valence-corrected chi connectivity index (χ1v) is 12.4. The number of anilines is 1. The van der Waals surface area contributed by atoms with Gasteiger partial charge in [0.1, 0.15) is 5.82 Å². The van der Waals surface area contributed by atoms with Gasteiger partial charge in [0.2, 0.25) is 0 Å². The molecule has 3 heterocycles. The second-order valence-electron chi connectivity index (χ2n) is 9.56. The van der Waals surface area contributed by atoms with Crippen LogP contribution in [0.2, 0.25) is 0 Å². The number of hydrogen-bond donors (Lipinski definition) is 1. The number of piperidine rings is 1. The molecule has 6 nitrogen and oxygen atoms in total. The second kappa shape index (κ2) is 10.5. The Morgan fingerprint density at radius 1 is 1.03 bits per heavy atom. The predicted octanol–water partition coefficient (Wildman–Crippen LogP) is 4.02. The Morgan fingerprint density at radius 3 is 2.56 bits per heavy atom. The monoisotopic (exact) mass is 458 g/mol. The zero-order valence-corrected chi connectivity index (χ0v) is 20.0. The average molecular weight is 459 g/mol. The van der Waals surface area contributed by atoms with Crippen molar-refractivity contribution in [3.05, 3.63) is 71.4 Å². The van der Waals surface area contributed by atoms with E-state index in [2.05, 4.69) is 52.4 Å². The number of pyridine rings is 1. The molecule has 3 aromatic rings. The summed E-state index contributed by atoms with van der Waals surface area (Å²) in [5, 5.41) is 5.19. The summed E-state index contributed by atoms with van der Waals surface area (Å²) in [4.78, 5) is 22.6. The van der Waals surface area contributed by atoms with E-state index in [0.717, 1.165) is 68.7 Å². The molecule has 1 aromatic heterocycles. The van der Waals surface area contributed by atoms with E-state index in [-0.39, 0.29) is 5.91 Å². The third-order valence-electron chi connectivity index (χ3n) is 7.08. The number of aromatic nitrogens is 1. The van der Waals surface area contributed by atoms with Gasteiger partial charge < -0.3 is 15.0 Å². The number of nitrogens with one attached hydrogen (secondary N) is 1. The first-order chi connectivity index (χ1) is 16.7. The number of benzene rings is 2. The fraction of sp³-hybridized carbons (Fsp3) is 0.429. The molecule has 2 aromatic carbocycles. The lowest BCUT2D eigenvalue weighted by molar-refractivity contribution is 0.0936. The fourth-order valence-corrected chi connectivity index (χ4v) is 5.14. The fourth-order valence-electron chi connectivity index (χ4n) is 5.14. The van der Waals surface area contributed by atoms with Crippen molar-refractivity contribution in [3.63, 3.8) is 0 Å². The summed E-state index contributed by atoms with van der Waals surface area (Å²) in [7, 11) is 0. The smallest absolute Gasteiger partial charge is 0.253 e. The summed E-state index contributed by atoms with van der Waals surface area (Å²) in [6.45, 7) is 9.10. The van der Waals surface area contributed by atoms with Crippen LogP contribution in [0.1, 0.15) is 34.3 Å². The highest BCUT2D eigenvalue weighted by atomic mass is 16.5.